The molecule has 0 unspecified atom stereocenters. The number of hydrogen-bond donors (Lipinski definition) is 1. The van der Waals surface area contributed by atoms with Crippen molar-refractivity contribution in [2.75, 3.05) is 19.6 Å². The average molecular weight is 346 g/mol. The summed E-state index contributed by atoms with van der Waals surface area (Å²) in [6.07, 6.45) is 3.20. The van der Waals surface area contributed by atoms with Crippen molar-refractivity contribution in [3.63, 3.8) is 0 Å². The molecule has 1 fully saturated rings. The summed E-state index contributed by atoms with van der Waals surface area (Å²) >= 11 is 0. The predicted molar refractivity (Wildman–Crippen MR) is 90.0 cm³/mol. The van der Waals surface area contributed by atoms with Gasteiger partial charge in [0.05, 0.1) is 0 Å². The molecule has 2 amide bonds. The molecule has 2 aliphatic rings. The van der Waals surface area contributed by atoms with Crippen LogP contribution in [-0.4, -0.2) is 41.1 Å². The largest absolute Gasteiger partial charge is 0.550 e. The zero-order valence-electron chi connectivity index (χ0n) is 14.3. The van der Waals surface area contributed by atoms with E-state index in [-0.39, 0.29) is 23.9 Å². The zero-order chi connectivity index (χ0) is 17.8. The number of nitrogens with zero attached hydrogens (tertiary/aromatic N) is 2. The number of piperidine rings is 1. The van der Waals surface area contributed by atoms with Gasteiger partial charge >= 0.3 is 6.03 Å². The molecule has 1 aromatic rings. The summed E-state index contributed by atoms with van der Waals surface area (Å²) in [4.78, 5) is 36.6. The minimum absolute atomic E-state index is 0.0432. The Morgan fingerprint density at radius 2 is 2.00 bits per heavy atom. The van der Waals surface area contributed by atoms with Gasteiger partial charge in [0.2, 0.25) is 0 Å². The monoisotopic (exact) mass is 346 g/mol. The van der Waals surface area contributed by atoms with Crippen molar-refractivity contribution in [3.05, 3.63) is 34.2 Å². The number of aromatic nitrogens is 1. The molecule has 1 N–H and O–H groups in total. The predicted octanol–water partition coefficient (Wildman–Crippen LogP) is 0.287. The molecule has 0 aromatic carbocycles. The number of rotatable bonds is 6. The summed E-state index contributed by atoms with van der Waals surface area (Å²) in [6.45, 7) is 2.54. The van der Waals surface area contributed by atoms with Gasteiger partial charge in [-0.2, -0.15) is 0 Å². The maximum Gasteiger partial charge on any atom is 0.317 e. The first-order valence-electron chi connectivity index (χ1n) is 8.97. The number of carbonyl (C=O) groups excluding carboxylic acids is 2. The number of carboxylic acid groups (broad SMARTS) is 1. The van der Waals surface area contributed by atoms with E-state index in [9.17, 15) is 19.5 Å². The van der Waals surface area contributed by atoms with Gasteiger partial charge in [0.15, 0.2) is 0 Å². The maximum atomic E-state index is 12.4. The molecule has 0 aliphatic carbocycles. The van der Waals surface area contributed by atoms with Crippen LogP contribution in [0.5, 0.6) is 0 Å². The SMILES string of the molecule is O=C([O-])CCCCCNC(=O)N1C[C@@H]2C[C@H](C1)c1cccc(=O)n1C2. The van der Waals surface area contributed by atoms with Gasteiger partial charge in [0.1, 0.15) is 0 Å². The average Bonchev–Trinajstić information content (AvgIpc) is 2.58. The summed E-state index contributed by atoms with van der Waals surface area (Å²) in [5.74, 6) is -0.487. The molecule has 3 heterocycles. The number of nitrogens with one attached hydrogen (secondary N) is 1. The third kappa shape index (κ3) is 4.21. The Kier molecular flexibility index (Phi) is 5.40. The third-order valence-electron chi connectivity index (χ3n) is 5.10. The molecule has 0 spiro atoms. The van der Waals surface area contributed by atoms with Crippen molar-refractivity contribution in [3.8, 4) is 0 Å². The molecule has 3 rings (SSSR count). The first-order valence-corrected chi connectivity index (χ1v) is 8.97. The van der Waals surface area contributed by atoms with E-state index in [0.717, 1.165) is 25.0 Å². The van der Waals surface area contributed by atoms with E-state index in [1.165, 1.54) is 0 Å². The van der Waals surface area contributed by atoms with Gasteiger partial charge in [0, 0.05) is 49.8 Å². The molecule has 0 radical (unpaired) electrons. The van der Waals surface area contributed by atoms with Gasteiger partial charge in [-0.3, -0.25) is 4.79 Å². The van der Waals surface area contributed by atoms with Gasteiger partial charge in [-0.1, -0.05) is 12.5 Å². The molecule has 2 bridgehead atoms. The minimum atomic E-state index is -1.02. The standard InChI is InChI=1S/C18H25N3O4/c22-16-6-4-5-15-14-9-13(11-21(15)16)10-20(12-14)18(25)19-8-3-1-2-7-17(23)24/h4-6,13-14H,1-3,7-12H2,(H,19,25)(H,23,24)/p-1/t13-,14+/m0/s1. The van der Waals surface area contributed by atoms with Crippen LogP contribution in [0.1, 0.15) is 43.7 Å². The summed E-state index contributed by atoms with van der Waals surface area (Å²) in [5, 5.41) is 13.3. The van der Waals surface area contributed by atoms with Crippen molar-refractivity contribution in [1.82, 2.24) is 14.8 Å². The van der Waals surface area contributed by atoms with Crippen molar-refractivity contribution in [1.29, 1.82) is 0 Å². The quantitative estimate of drug-likeness (QED) is 0.749. The molecule has 136 valence electrons. The Morgan fingerprint density at radius 1 is 1.16 bits per heavy atom. The lowest BCUT2D eigenvalue weighted by Crippen LogP contribution is -2.52. The van der Waals surface area contributed by atoms with E-state index in [1.54, 1.807) is 12.1 Å². The summed E-state index contributed by atoms with van der Waals surface area (Å²) in [5.41, 5.74) is 1.07. The Morgan fingerprint density at radius 3 is 2.80 bits per heavy atom. The van der Waals surface area contributed by atoms with Crippen LogP contribution in [0.15, 0.2) is 23.0 Å². The normalized spacial score (nSPS) is 21.5. The number of carboxylic acids is 1. The van der Waals surface area contributed by atoms with Crippen LogP contribution in [0.25, 0.3) is 0 Å². The second kappa shape index (κ2) is 7.72. The molecular formula is C18H24N3O4-. The number of pyridine rings is 1. The van der Waals surface area contributed by atoms with Crippen LogP contribution in [0.3, 0.4) is 0 Å². The second-order valence-corrected chi connectivity index (χ2v) is 7.02. The highest BCUT2D eigenvalue weighted by atomic mass is 16.4. The van der Waals surface area contributed by atoms with Crippen LogP contribution >= 0.6 is 0 Å². The van der Waals surface area contributed by atoms with E-state index in [4.69, 9.17) is 0 Å². The highest BCUT2D eigenvalue weighted by Crippen LogP contribution is 2.34. The second-order valence-electron chi connectivity index (χ2n) is 7.02. The molecule has 7 nitrogen and oxygen atoms in total. The van der Waals surface area contributed by atoms with Crippen molar-refractivity contribution in [2.24, 2.45) is 5.92 Å². The number of fused-ring (bicyclic) bond motifs is 4. The summed E-state index contributed by atoms with van der Waals surface area (Å²) < 4.78 is 1.85. The molecule has 7 heteroatoms. The molecule has 25 heavy (non-hydrogen) atoms. The number of likely N-dealkylation sites (tertiary alicyclic amines) is 1. The van der Waals surface area contributed by atoms with E-state index < -0.39 is 5.97 Å². The van der Waals surface area contributed by atoms with Crippen LogP contribution in [0.4, 0.5) is 4.79 Å². The third-order valence-corrected chi connectivity index (χ3v) is 5.10. The molecule has 0 saturated carbocycles. The molecule has 2 atom stereocenters. The number of hydrogen-bond acceptors (Lipinski definition) is 4. The Balaban J connectivity index is 1.50. The van der Waals surface area contributed by atoms with Crippen LogP contribution in [0, 0.1) is 5.92 Å². The smallest absolute Gasteiger partial charge is 0.317 e. The van der Waals surface area contributed by atoms with Crippen LogP contribution in [-0.2, 0) is 11.3 Å². The van der Waals surface area contributed by atoms with Gasteiger partial charge < -0.3 is 24.7 Å². The topological polar surface area (TPSA) is 94.5 Å². The van der Waals surface area contributed by atoms with Gasteiger partial charge in [-0.15, -0.1) is 0 Å². The van der Waals surface area contributed by atoms with E-state index in [1.807, 2.05) is 15.5 Å². The van der Waals surface area contributed by atoms with E-state index in [0.29, 0.717) is 38.5 Å². The molecule has 1 aromatic heterocycles. The van der Waals surface area contributed by atoms with Crippen molar-refractivity contribution < 1.29 is 14.7 Å². The fraction of sp³-hybridized carbons (Fsp3) is 0.611. The zero-order valence-corrected chi connectivity index (χ0v) is 14.3. The Hall–Kier alpha value is -2.31. The van der Waals surface area contributed by atoms with Gasteiger partial charge in [-0.05, 0) is 37.7 Å². The first kappa shape index (κ1) is 17.5. The Bertz CT molecular complexity index is 700. The number of unbranched alkanes of at least 4 members (excludes halogenated alkanes) is 2. The summed E-state index contributed by atoms with van der Waals surface area (Å²) in [7, 11) is 0. The van der Waals surface area contributed by atoms with Gasteiger partial charge in [0.25, 0.3) is 5.56 Å². The number of carbonyl (C=O) groups is 2. The number of aliphatic carboxylic acids is 1. The fourth-order valence-corrected chi connectivity index (χ4v) is 3.94. The minimum Gasteiger partial charge on any atom is -0.550 e. The van der Waals surface area contributed by atoms with Crippen molar-refractivity contribution >= 4 is 12.0 Å². The fourth-order valence-electron chi connectivity index (χ4n) is 3.94. The van der Waals surface area contributed by atoms with Crippen LogP contribution in [0.2, 0.25) is 0 Å². The number of amides is 2. The highest BCUT2D eigenvalue weighted by molar-refractivity contribution is 5.74. The first-order chi connectivity index (χ1) is 12.0. The lowest BCUT2D eigenvalue weighted by atomic mass is 9.83. The molecular weight excluding hydrogens is 322 g/mol. The van der Waals surface area contributed by atoms with Crippen molar-refractivity contribution in [2.45, 2.75) is 44.6 Å². The Labute approximate surface area is 146 Å². The molecule has 2 aliphatic heterocycles. The van der Waals surface area contributed by atoms with E-state index >= 15 is 0 Å². The summed E-state index contributed by atoms with van der Waals surface area (Å²) in [6, 6.07) is 5.30. The number of urea groups is 1. The lowest BCUT2D eigenvalue weighted by molar-refractivity contribution is -0.305. The molecule has 1 saturated heterocycles. The van der Waals surface area contributed by atoms with E-state index in [2.05, 4.69) is 5.32 Å². The van der Waals surface area contributed by atoms with Gasteiger partial charge in [-0.25, -0.2) is 4.79 Å². The lowest BCUT2D eigenvalue weighted by Gasteiger charge is -2.42. The highest BCUT2D eigenvalue weighted by Gasteiger charge is 2.36. The van der Waals surface area contributed by atoms with Crippen LogP contribution < -0.4 is 16.0 Å². The maximum absolute atomic E-state index is 12.4.